The van der Waals surface area contributed by atoms with Crippen LogP contribution in [0, 0.1) is 0 Å². The molecule has 0 aliphatic carbocycles. The molecule has 1 rings (SSSR count). The van der Waals surface area contributed by atoms with Crippen molar-refractivity contribution in [2.45, 2.75) is 45.8 Å². The number of hydrogen-bond donors (Lipinski definition) is 1. The highest BCUT2D eigenvalue weighted by Crippen LogP contribution is 2.04. The Bertz CT molecular complexity index is 347. The van der Waals surface area contributed by atoms with E-state index in [-0.39, 0.29) is 12.1 Å². The van der Waals surface area contributed by atoms with Crippen LogP contribution in [0.5, 0.6) is 0 Å². The van der Waals surface area contributed by atoms with Crippen molar-refractivity contribution in [3.05, 3.63) is 18.2 Å². The number of rotatable bonds is 7. The predicted molar refractivity (Wildman–Crippen MR) is 65.6 cm³/mol. The highest BCUT2D eigenvalue weighted by molar-refractivity contribution is 4.98. The van der Waals surface area contributed by atoms with E-state index in [4.69, 9.17) is 4.74 Å². The van der Waals surface area contributed by atoms with Crippen LogP contribution < -0.4 is 5.32 Å². The molecule has 0 aliphatic rings. The Morgan fingerprint density at radius 2 is 2.17 bits per heavy atom. The van der Waals surface area contributed by atoms with E-state index >= 15 is 0 Å². The quantitative estimate of drug-likeness (QED) is 0.764. The van der Waals surface area contributed by atoms with Gasteiger partial charge in [-0.1, -0.05) is 0 Å². The molecule has 0 atom stereocenters. The zero-order chi connectivity index (χ0) is 13.6. The summed E-state index contributed by atoms with van der Waals surface area (Å²) >= 11 is 0. The molecule has 1 heterocycles. The molecule has 0 fully saturated rings. The second-order valence-corrected chi connectivity index (χ2v) is 5.15. The molecule has 0 saturated carbocycles. The first-order valence-electron chi connectivity index (χ1n) is 5.98. The summed E-state index contributed by atoms with van der Waals surface area (Å²) in [6, 6.07) is 0. The summed E-state index contributed by atoms with van der Waals surface area (Å²) in [7, 11) is 0. The lowest BCUT2D eigenvalue weighted by atomic mass is 10.1. The molecule has 0 saturated heterocycles. The number of halogens is 2. The SMILES string of the molecule is CC(C)(C)NCc1cncn1CCOCC(F)F. The largest absolute Gasteiger partial charge is 0.374 e. The smallest absolute Gasteiger partial charge is 0.261 e. The van der Waals surface area contributed by atoms with E-state index in [0.717, 1.165) is 5.69 Å². The van der Waals surface area contributed by atoms with Crippen LogP contribution in [0.1, 0.15) is 26.5 Å². The van der Waals surface area contributed by atoms with Crippen LogP contribution in [-0.2, 0) is 17.8 Å². The summed E-state index contributed by atoms with van der Waals surface area (Å²) < 4.78 is 30.5. The summed E-state index contributed by atoms with van der Waals surface area (Å²) in [5, 5.41) is 3.35. The zero-order valence-corrected chi connectivity index (χ0v) is 11.1. The zero-order valence-electron chi connectivity index (χ0n) is 11.1. The molecule has 104 valence electrons. The Kier molecular flexibility index (Phi) is 5.68. The maximum atomic E-state index is 11.9. The maximum absolute atomic E-state index is 11.9. The Hall–Kier alpha value is -1.01. The first-order chi connectivity index (χ1) is 8.38. The fourth-order valence-corrected chi connectivity index (χ4v) is 1.39. The first-order valence-corrected chi connectivity index (χ1v) is 5.98. The van der Waals surface area contributed by atoms with E-state index in [1.165, 1.54) is 0 Å². The first kappa shape index (κ1) is 15.0. The van der Waals surface area contributed by atoms with E-state index in [1.807, 2.05) is 4.57 Å². The molecule has 0 spiro atoms. The average Bonchev–Trinajstić information content (AvgIpc) is 2.68. The number of aromatic nitrogens is 2. The number of nitrogens with one attached hydrogen (secondary N) is 1. The third-order valence-electron chi connectivity index (χ3n) is 2.32. The van der Waals surface area contributed by atoms with Gasteiger partial charge in [0.1, 0.15) is 6.61 Å². The van der Waals surface area contributed by atoms with Crippen LogP contribution in [0.15, 0.2) is 12.5 Å². The van der Waals surface area contributed by atoms with Crippen LogP contribution in [0.2, 0.25) is 0 Å². The molecule has 1 aromatic heterocycles. The molecule has 18 heavy (non-hydrogen) atoms. The van der Waals surface area contributed by atoms with Gasteiger partial charge in [0.2, 0.25) is 0 Å². The van der Waals surface area contributed by atoms with Gasteiger partial charge in [-0.2, -0.15) is 0 Å². The monoisotopic (exact) mass is 261 g/mol. The van der Waals surface area contributed by atoms with Crippen LogP contribution in [0.3, 0.4) is 0 Å². The van der Waals surface area contributed by atoms with Crippen molar-refractivity contribution in [1.82, 2.24) is 14.9 Å². The highest BCUT2D eigenvalue weighted by Gasteiger charge is 2.10. The topological polar surface area (TPSA) is 39.1 Å². The number of ether oxygens (including phenoxy) is 1. The van der Waals surface area contributed by atoms with Gasteiger partial charge in [-0.3, -0.25) is 0 Å². The van der Waals surface area contributed by atoms with Crippen LogP contribution in [-0.4, -0.2) is 34.7 Å². The fourth-order valence-electron chi connectivity index (χ4n) is 1.39. The van der Waals surface area contributed by atoms with Gasteiger partial charge in [0.15, 0.2) is 0 Å². The van der Waals surface area contributed by atoms with Gasteiger partial charge >= 0.3 is 0 Å². The molecule has 1 aromatic rings. The number of nitrogens with zero attached hydrogens (tertiary/aromatic N) is 2. The lowest BCUT2D eigenvalue weighted by Crippen LogP contribution is -2.35. The summed E-state index contributed by atoms with van der Waals surface area (Å²) in [4.78, 5) is 4.06. The van der Waals surface area contributed by atoms with Crippen molar-refractivity contribution in [2.75, 3.05) is 13.2 Å². The summed E-state index contributed by atoms with van der Waals surface area (Å²) in [5.41, 5.74) is 1.05. The minimum Gasteiger partial charge on any atom is -0.374 e. The maximum Gasteiger partial charge on any atom is 0.261 e. The second-order valence-electron chi connectivity index (χ2n) is 5.15. The fraction of sp³-hybridized carbons (Fsp3) is 0.750. The Balaban J connectivity index is 2.35. The lowest BCUT2D eigenvalue weighted by Gasteiger charge is -2.21. The highest BCUT2D eigenvalue weighted by atomic mass is 19.3. The molecule has 4 nitrogen and oxygen atoms in total. The Labute approximate surface area is 106 Å². The van der Waals surface area contributed by atoms with Crippen LogP contribution in [0.4, 0.5) is 8.78 Å². The second kappa shape index (κ2) is 6.80. The minimum atomic E-state index is -2.41. The summed E-state index contributed by atoms with van der Waals surface area (Å²) in [6.07, 6.45) is 1.05. The minimum absolute atomic E-state index is 0.0290. The van der Waals surface area contributed by atoms with Crippen molar-refractivity contribution in [1.29, 1.82) is 0 Å². The average molecular weight is 261 g/mol. The van der Waals surface area contributed by atoms with Crippen LogP contribution in [0.25, 0.3) is 0 Å². The third-order valence-corrected chi connectivity index (χ3v) is 2.32. The number of hydrogen-bond acceptors (Lipinski definition) is 3. The van der Waals surface area contributed by atoms with Gasteiger partial charge < -0.3 is 14.6 Å². The molecule has 0 unspecified atom stereocenters. The standard InChI is InChI=1S/C12H21F2N3O/c1-12(2,3)16-7-10-6-15-9-17(10)4-5-18-8-11(13)14/h6,9,11,16H,4-5,7-8H2,1-3H3. The van der Waals surface area contributed by atoms with Crippen molar-refractivity contribution in [3.63, 3.8) is 0 Å². The van der Waals surface area contributed by atoms with Gasteiger partial charge in [-0.05, 0) is 20.8 Å². The molecule has 0 amide bonds. The molecular weight excluding hydrogens is 240 g/mol. The Morgan fingerprint density at radius 3 is 2.78 bits per heavy atom. The predicted octanol–water partition coefficient (Wildman–Crippen LogP) is 2.05. The van der Waals surface area contributed by atoms with Crippen molar-refractivity contribution < 1.29 is 13.5 Å². The van der Waals surface area contributed by atoms with Gasteiger partial charge in [-0.15, -0.1) is 0 Å². The molecule has 0 aromatic carbocycles. The number of imidazole rings is 1. The van der Waals surface area contributed by atoms with E-state index in [1.54, 1.807) is 12.5 Å². The normalized spacial score (nSPS) is 12.3. The van der Waals surface area contributed by atoms with Crippen molar-refractivity contribution in [2.24, 2.45) is 0 Å². The molecule has 0 aliphatic heterocycles. The van der Waals surface area contributed by atoms with Gasteiger partial charge in [0.05, 0.1) is 18.6 Å². The van der Waals surface area contributed by atoms with E-state index in [9.17, 15) is 8.78 Å². The molecule has 0 bridgehead atoms. The third kappa shape index (κ3) is 6.07. The van der Waals surface area contributed by atoms with Gasteiger partial charge in [0, 0.05) is 24.8 Å². The van der Waals surface area contributed by atoms with E-state index < -0.39 is 13.0 Å². The Morgan fingerprint density at radius 1 is 1.44 bits per heavy atom. The van der Waals surface area contributed by atoms with E-state index in [2.05, 4.69) is 31.1 Å². The van der Waals surface area contributed by atoms with E-state index in [0.29, 0.717) is 13.1 Å². The van der Waals surface area contributed by atoms with Crippen molar-refractivity contribution >= 4 is 0 Å². The van der Waals surface area contributed by atoms with Crippen molar-refractivity contribution in [3.8, 4) is 0 Å². The molecule has 1 N–H and O–H groups in total. The summed E-state index contributed by atoms with van der Waals surface area (Å²) in [5.74, 6) is 0. The van der Waals surface area contributed by atoms with Gasteiger partial charge in [0.25, 0.3) is 6.43 Å². The lowest BCUT2D eigenvalue weighted by molar-refractivity contribution is 0.0146. The van der Waals surface area contributed by atoms with Gasteiger partial charge in [-0.25, -0.2) is 13.8 Å². The molecule has 0 radical (unpaired) electrons. The molecule has 6 heteroatoms. The summed E-state index contributed by atoms with van der Waals surface area (Å²) in [6.45, 7) is 7.23. The van der Waals surface area contributed by atoms with Crippen LogP contribution >= 0.6 is 0 Å². The molecular formula is C12H21F2N3O. The number of alkyl halides is 2.